The van der Waals surface area contributed by atoms with E-state index in [1.807, 2.05) is 0 Å². The predicted octanol–water partition coefficient (Wildman–Crippen LogP) is 1.41. The standard InChI is InChI=1S/C7H5O5P/c8-7(9)5-1-3-6(4-2-5)12-13(10)11/h1-4H,(H-,8,9,10,11)/p+1. The Morgan fingerprint density at radius 3 is 2.23 bits per heavy atom. The molecule has 1 unspecified atom stereocenters. The summed E-state index contributed by atoms with van der Waals surface area (Å²) < 4.78 is 14.6. The van der Waals surface area contributed by atoms with E-state index in [-0.39, 0.29) is 11.3 Å². The van der Waals surface area contributed by atoms with Gasteiger partial charge in [-0.1, -0.05) is 0 Å². The first-order valence-corrected chi connectivity index (χ1v) is 4.40. The van der Waals surface area contributed by atoms with Crippen molar-refractivity contribution in [2.75, 3.05) is 0 Å². The molecule has 2 N–H and O–H groups in total. The van der Waals surface area contributed by atoms with E-state index in [9.17, 15) is 9.36 Å². The third-order valence-electron chi connectivity index (χ3n) is 1.28. The van der Waals surface area contributed by atoms with E-state index >= 15 is 0 Å². The van der Waals surface area contributed by atoms with Crippen LogP contribution in [-0.4, -0.2) is 16.0 Å². The van der Waals surface area contributed by atoms with Crippen molar-refractivity contribution in [3.8, 4) is 5.75 Å². The van der Waals surface area contributed by atoms with E-state index < -0.39 is 14.2 Å². The summed E-state index contributed by atoms with van der Waals surface area (Å²) in [4.78, 5) is 18.7. The third-order valence-corrected chi connectivity index (χ3v) is 1.65. The van der Waals surface area contributed by atoms with E-state index in [4.69, 9.17) is 10.00 Å². The quantitative estimate of drug-likeness (QED) is 0.722. The minimum absolute atomic E-state index is 0.0977. The number of aromatic carboxylic acids is 1. The minimum Gasteiger partial charge on any atom is -0.478 e. The summed E-state index contributed by atoms with van der Waals surface area (Å²) in [5.74, 6) is -0.895. The molecule has 1 rings (SSSR count). The number of hydrogen-bond acceptors (Lipinski definition) is 3. The van der Waals surface area contributed by atoms with Crippen LogP contribution < -0.4 is 4.52 Å². The molecular formula is C7H6O5P+. The van der Waals surface area contributed by atoms with Crippen molar-refractivity contribution in [3.63, 3.8) is 0 Å². The zero-order valence-corrected chi connectivity index (χ0v) is 7.27. The Balaban J connectivity index is 2.81. The van der Waals surface area contributed by atoms with E-state index in [1.54, 1.807) is 0 Å². The Kier molecular flexibility index (Phi) is 2.95. The first-order chi connectivity index (χ1) is 6.09. The average Bonchev–Trinajstić information content (AvgIpc) is 2.04. The highest BCUT2D eigenvalue weighted by molar-refractivity contribution is 7.32. The maximum Gasteiger partial charge on any atom is 0.747 e. The molecule has 0 amide bonds. The Bertz CT molecular complexity index is 331. The molecule has 6 heteroatoms. The highest BCUT2D eigenvalue weighted by Crippen LogP contribution is 2.22. The number of benzene rings is 1. The van der Waals surface area contributed by atoms with Crippen LogP contribution in [0.25, 0.3) is 0 Å². The molecule has 0 aromatic heterocycles. The van der Waals surface area contributed by atoms with Crippen LogP contribution in [0.2, 0.25) is 0 Å². The molecule has 1 atom stereocenters. The summed E-state index contributed by atoms with van der Waals surface area (Å²) >= 11 is 0. The normalized spacial score (nSPS) is 10.7. The fourth-order valence-corrected chi connectivity index (χ4v) is 1.05. The maximum absolute atomic E-state index is 10.4. The Labute approximate surface area is 74.5 Å². The monoisotopic (exact) mass is 201 g/mol. The second-order valence-electron chi connectivity index (χ2n) is 2.16. The number of carbonyl (C=O) groups is 1. The lowest BCUT2D eigenvalue weighted by molar-refractivity contribution is 0.0697. The molecule has 1 aromatic carbocycles. The summed E-state index contributed by atoms with van der Waals surface area (Å²) in [5, 5.41) is 8.51. The second kappa shape index (κ2) is 3.98. The number of rotatable bonds is 3. The van der Waals surface area contributed by atoms with Crippen LogP contribution in [-0.2, 0) is 4.57 Å². The molecule has 0 saturated heterocycles. The lowest BCUT2D eigenvalue weighted by Crippen LogP contribution is -1.94. The molecule has 0 aliphatic rings. The van der Waals surface area contributed by atoms with Crippen LogP contribution in [0, 0.1) is 0 Å². The molecule has 5 nitrogen and oxygen atoms in total. The first-order valence-electron chi connectivity index (χ1n) is 3.27. The Morgan fingerprint density at radius 2 is 1.85 bits per heavy atom. The van der Waals surface area contributed by atoms with Gasteiger partial charge in [0.2, 0.25) is 0 Å². The van der Waals surface area contributed by atoms with Crippen molar-refractivity contribution in [1.29, 1.82) is 0 Å². The van der Waals surface area contributed by atoms with Gasteiger partial charge in [-0.15, -0.1) is 4.89 Å². The van der Waals surface area contributed by atoms with Gasteiger partial charge in [0.1, 0.15) is 0 Å². The van der Waals surface area contributed by atoms with Gasteiger partial charge < -0.3 is 5.11 Å². The summed E-state index contributed by atoms with van der Waals surface area (Å²) in [6, 6.07) is 5.20. The largest absolute Gasteiger partial charge is 0.747 e. The molecular weight excluding hydrogens is 195 g/mol. The van der Waals surface area contributed by atoms with Gasteiger partial charge in [0, 0.05) is 4.57 Å². The zero-order chi connectivity index (χ0) is 9.84. The summed E-state index contributed by atoms with van der Waals surface area (Å²) in [6.07, 6.45) is 0. The molecule has 0 bridgehead atoms. The first kappa shape index (κ1) is 9.64. The second-order valence-corrected chi connectivity index (χ2v) is 2.82. The summed E-state index contributed by atoms with van der Waals surface area (Å²) in [6.45, 7) is 0. The van der Waals surface area contributed by atoms with E-state index in [0.29, 0.717) is 0 Å². The average molecular weight is 201 g/mol. The predicted molar refractivity (Wildman–Crippen MR) is 43.9 cm³/mol. The molecule has 0 aliphatic heterocycles. The van der Waals surface area contributed by atoms with Gasteiger partial charge in [-0.3, -0.25) is 0 Å². The van der Waals surface area contributed by atoms with Crippen molar-refractivity contribution < 1.29 is 23.9 Å². The van der Waals surface area contributed by atoms with Gasteiger partial charge in [-0.25, -0.2) is 9.32 Å². The molecule has 0 saturated carbocycles. The molecule has 0 spiro atoms. The minimum atomic E-state index is -2.70. The fraction of sp³-hybridized carbons (Fsp3) is 0. The van der Waals surface area contributed by atoms with Crippen molar-refractivity contribution in [2.45, 2.75) is 0 Å². The molecule has 13 heavy (non-hydrogen) atoms. The van der Waals surface area contributed by atoms with Crippen LogP contribution in [0.3, 0.4) is 0 Å². The van der Waals surface area contributed by atoms with Crippen LogP contribution in [0.1, 0.15) is 10.4 Å². The van der Waals surface area contributed by atoms with Gasteiger partial charge in [0.25, 0.3) is 0 Å². The Morgan fingerprint density at radius 1 is 1.31 bits per heavy atom. The maximum atomic E-state index is 10.4. The van der Waals surface area contributed by atoms with Crippen LogP contribution >= 0.6 is 8.25 Å². The third kappa shape index (κ3) is 2.82. The van der Waals surface area contributed by atoms with Crippen molar-refractivity contribution in [2.24, 2.45) is 0 Å². The number of hydrogen-bond donors (Lipinski definition) is 2. The topological polar surface area (TPSA) is 83.8 Å². The smallest absolute Gasteiger partial charge is 0.478 e. The Hall–Kier alpha value is -1.45. The fourth-order valence-electron chi connectivity index (χ4n) is 0.749. The van der Waals surface area contributed by atoms with Crippen LogP contribution in [0.4, 0.5) is 0 Å². The lowest BCUT2D eigenvalue weighted by Gasteiger charge is -1.93. The van der Waals surface area contributed by atoms with Gasteiger partial charge in [-0.05, 0) is 24.3 Å². The molecule has 0 radical (unpaired) electrons. The highest BCUT2D eigenvalue weighted by atomic mass is 31.1. The van der Waals surface area contributed by atoms with Crippen LogP contribution in [0.5, 0.6) is 5.75 Å². The zero-order valence-electron chi connectivity index (χ0n) is 6.38. The molecule has 0 aliphatic carbocycles. The van der Waals surface area contributed by atoms with Crippen molar-refractivity contribution in [1.82, 2.24) is 0 Å². The van der Waals surface area contributed by atoms with E-state index in [0.717, 1.165) is 0 Å². The molecule has 0 heterocycles. The van der Waals surface area contributed by atoms with E-state index in [1.165, 1.54) is 24.3 Å². The SMILES string of the molecule is O=C(O)c1ccc(O[P+](=O)O)cc1. The molecule has 1 aromatic rings. The number of carboxylic acid groups (broad SMARTS) is 1. The van der Waals surface area contributed by atoms with Gasteiger partial charge in [-0.2, -0.15) is 0 Å². The van der Waals surface area contributed by atoms with Crippen LogP contribution in [0.15, 0.2) is 24.3 Å². The van der Waals surface area contributed by atoms with Gasteiger partial charge in [0.05, 0.1) is 5.56 Å². The highest BCUT2D eigenvalue weighted by Gasteiger charge is 2.14. The molecule has 0 fully saturated rings. The lowest BCUT2D eigenvalue weighted by atomic mass is 10.2. The molecule has 68 valence electrons. The van der Waals surface area contributed by atoms with Crippen molar-refractivity contribution >= 4 is 14.2 Å². The van der Waals surface area contributed by atoms with Crippen molar-refractivity contribution in [3.05, 3.63) is 29.8 Å². The van der Waals surface area contributed by atoms with Gasteiger partial charge >= 0.3 is 14.2 Å². The number of carboxylic acids is 1. The summed E-state index contributed by atoms with van der Waals surface area (Å²) in [5.41, 5.74) is 0.0977. The van der Waals surface area contributed by atoms with E-state index in [2.05, 4.69) is 4.52 Å². The summed E-state index contributed by atoms with van der Waals surface area (Å²) in [7, 11) is -2.70. The van der Waals surface area contributed by atoms with Gasteiger partial charge in [0.15, 0.2) is 5.75 Å².